The van der Waals surface area contributed by atoms with Crippen LogP contribution in [0.2, 0.25) is 0 Å². The second-order valence-electron chi connectivity index (χ2n) is 6.08. The fourth-order valence-corrected chi connectivity index (χ4v) is 5.18. The molecule has 1 aromatic heterocycles. The average Bonchev–Trinajstić information content (AvgIpc) is 2.94. The van der Waals surface area contributed by atoms with E-state index in [0.29, 0.717) is 22.7 Å². The van der Waals surface area contributed by atoms with Crippen molar-refractivity contribution in [2.45, 2.75) is 61.4 Å². The van der Waals surface area contributed by atoms with Crippen LogP contribution in [-0.2, 0) is 17.8 Å². The monoisotopic (exact) mass is 353 g/mol. The fourth-order valence-electron chi connectivity index (χ4n) is 3.08. The molecule has 0 unspecified atom stereocenters. The van der Waals surface area contributed by atoms with Crippen molar-refractivity contribution in [2.24, 2.45) is 0 Å². The predicted molar refractivity (Wildman–Crippen MR) is 94.3 cm³/mol. The molecular weight excluding hydrogens is 330 g/mol. The van der Waals surface area contributed by atoms with Crippen molar-refractivity contribution < 1.29 is 4.79 Å². The number of rotatable bonds is 4. The van der Waals surface area contributed by atoms with E-state index in [2.05, 4.69) is 11.9 Å². The lowest BCUT2D eigenvalue weighted by molar-refractivity contribution is -0.129. The summed E-state index contributed by atoms with van der Waals surface area (Å²) in [6, 6.07) is 0. The van der Waals surface area contributed by atoms with Gasteiger partial charge in [-0.25, -0.2) is 4.98 Å². The second kappa shape index (κ2) is 7.30. The van der Waals surface area contributed by atoms with Crippen LogP contribution >= 0.6 is 23.5 Å². The Hall–Kier alpha value is -0.950. The molecule has 1 aromatic rings. The summed E-state index contributed by atoms with van der Waals surface area (Å²) in [4.78, 5) is 32.4. The number of piperidine rings is 1. The van der Waals surface area contributed by atoms with Gasteiger partial charge in [-0.15, -0.1) is 11.8 Å². The zero-order valence-corrected chi connectivity index (χ0v) is 15.3. The maximum Gasteiger partial charge on any atom is 0.268 e. The lowest BCUT2D eigenvalue weighted by Crippen LogP contribution is -2.37. The maximum atomic E-state index is 12.6. The number of carbonyl (C=O) groups is 1. The smallest absolute Gasteiger partial charge is 0.268 e. The molecule has 0 aromatic carbocycles. The summed E-state index contributed by atoms with van der Waals surface area (Å²) in [5.41, 5.74) is 0.963. The SMILES string of the molecule is CCn1c(SCC(=O)N2CCCCC2)nc2c(c1=O)S[C@@H](C)C2. The van der Waals surface area contributed by atoms with Gasteiger partial charge >= 0.3 is 0 Å². The zero-order valence-electron chi connectivity index (χ0n) is 13.7. The third-order valence-corrected chi connectivity index (χ3v) is 6.49. The van der Waals surface area contributed by atoms with Crippen molar-refractivity contribution >= 4 is 29.4 Å². The van der Waals surface area contributed by atoms with Gasteiger partial charge in [-0.1, -0.05) is 18.7 Å². The van der Waals surface area contributed by atoms with Crippen molar-refractivity contribution in [3.63, 3.8) is 0 Å². The Morgan fingerprint density at radius 2 is 2.09 bits per heavy atom. The Balaban J connectivity index is 1.75. The van der Waals surface area contributed by atoms with Crippen LogP contribution in [0, 0.1) is 0 Å². The molecule has 3 heterocycles. The molecule has 1 atom stereocenters. The van der Waals surface area contributed by atoms with Crippen LogP contribution in [0.1, 0.15) is 38.8 Å². The minimum Gasteiger partial charge on any atom is -0.342 e. The highest BCUT2D eigenvalue weighted by Gasteiger charge is 2.26. The van der Waals surface area contributed by atoms with Crippen molar-refractivity contribution in [1.82, 2.24) is 14.5 Å². The number of nitrogens with zero attached hydrogens (tertiary/aromatic N) is 3. The lowest BCUT2D eigenvalue weighted by atomic mass is 10.1. The summed E-state index contributed by atoms with van der Waals surface area (Å²) in [7, 11) is 0. The number of hydrogen-bond acceptors (Lipinski definition) is 5. The number of likely N-dealkylation sites (tertiary alicyclic amines) is 1. The molecule has 0 saturated carbocycles. The largest absolute Gasteiger partial charge is 0.342 e. The van der Waals surface area contributed by atoms with E-state index in [0.717, 1.165) is 42.9 Å². The summed E-state index contributed by atoms with van der Waals surface area (Å²) in [6.07, 6.45) is 4.26. The van der Waals surface area contributed by atoms with Crippen LogP contribution in [0.5, 0.6) is 0 Å². The molecule has 5 nitrogen and oxygen atoms in total. The molecule has 0 N–H and O–H groups in total. The van der Waals surface area contributed by atoms with E-state index in [1.165, 1.54) is 18.2 Å². The third-order valence-electron chi connectivity index (χ3n) is 4.31. The minimum atomic E-state index is 0.0553. The molecule has 2 aliphatic heterocycles. The first kappa shape index (κ1) is 16.9. The highest BCUT2D eigenvalue weighted by molar-refractivity contribution is 8.00. The topological polar surface area (TPSA) is 55.2 Å². The van der Waals surface area contributed by atoms with Crippen LogP contribution < -0.4 is 5.56 Å². The van der Waals surface area contributed by atoms with Gasteiger partial charge in [-0.3, -0.25) is 14.2 Å². The number of thioether (sulfide) groups is 2. The van der Waals surface area contributed by atoms with Crippen molar-refractivity contribution in [3.8, 4) is 0 Å². The highest BCUT2D eigenvalue weighted by Crippen LogP contribution is 2.34. The second-order valence-corrected chi connectivity index (χ2v) is 8.47. The molecule has 0 aliphatic carbocycles. The summed E-state index contributed by atoms with van der Waals surface area (Å²) < 4.78 is 1.71. The first-order chi connectivity index (χ1) is 11.1. The van der Waals surface area contributed by atoms with Crippen molar-refractivity contribution in [3.05, 3.63) is 16.0 Å². The number of hydrogen-bond donors (Lipinski definition) is 0. The molecule has 0 bridgehead atoms. The van der Waals surface area contributed by atoms with E-state index in [1.807, 2.05) is 11.8 Å². The molecule has 1 fully saturated rings. The van der Waals surface area contributed by atoms with Crippen LogP contribution in [0.25, 0.3) is 0 Å². The first-order valence-electron chi connectivity index (χ1n) is 8.31. The van der Waals surface area contributed by atoms with E-state index in [4.69, 9.17) is 0 Å². The third kappa shape index (κ3) is 3.60. The van der Waals surface area contributed by atoms with Gasteiger partial charge in [0.15, 0.2) is 5.16 Å². The molecule has 7 heteroatoms. The normalized spacial score (nSPS) is 20.6. The molecule has 23 heavy (non-hydrogen) atoms. The summed E-state index contributed by atoms with van der Waals surface area (Å²) in [6.45, 7) is 6.40. The summed E-state index contributed by atoms with van der Waals surface area (Å²) in [5, 5.41) is 1.10. The molecule has 0 radical (unpaired) electrons. The first-order valence-corrected chi connectivity index (χ1v) is 10.2. The standard InChI is InChI=1S/C16H23N3O2S2/c1-3-19-15(21)14-12(9-11(2)23-14)17-16(19)22-10-13(20)18-7-5-4-6-8-18/h11H,3-10H2,1-2H3/t11-/m0/s1. The molecule has 126 valence electrons. The molecular formula is C16H23N3O2S2. The van der Waals surface area contributed by atoms with Gasteiger partial charge in [0.1, 0.15) is 0 Å². The quantitative estimate of drug-likeness (QED) is 0.615. The van der Waals surface area contributed by atoms with E-state index in [1.54, 1.807) is 16.3 Å². The fraction of sp³-hybridized carbons (Fsp3) is 0.688. The molecule has 3 rings (SSSR count). The minimum absolute atomic E-state index is 0.0553. The van der Waals surface area contributed by atoms with E-state index >= 15 is 0 Å². The van der Waals surface area contributed by atoms with Gasteiger partial charge < -0.3 is 4.90 Å². The molecule has 2 aliphatic rings. The Morgan fingerprint density at radius 3 is 2.78 bits per heavy atom. The lowest BCUT2D eigenvalue weighted by Gasteiger charge is -2.26. The van der Waals surface area contributed by atoms with Gasteiger partial charge in [-0.2, -0.15) is 0 Å². The number of carbonyl (C=O) groups excluding carboxylic acids is 1. The maximum absolute atomic E-state index is 12.6. The molecule has 1 amide bonds. The molecule has 1 saturated heterocycles. The van der Waals surface area contributed by atoms with Crippen LogP contribution in [0.3, 0.4) is 0 Å². The van der Waals surface area contributed by atoms with Crippen LogP contribution in [0.15, 0.2) is 14.8 Å². The highest BCUT2D eigenvalue weighted by atomic mass is 32.2. The van der Waals surface area contributed by atoms with Gasteiger partial charge in [-0.05, 0) is 26.2 Å². The summed E-state index contributed by atoms with van der Waals surface area (Å²) >= 11 is 3.03. The van der Waals surface area contributed by atoms with Gasteiger partial charge in [0.05, 0.1) is 16.3 Å². The van der Waals surface area contributed by atoms with Crippen LogP contribution in [0.4, 0.5) is 0 Å². The zero-order chi connectivity index (χ0) is 16.4. The van der Waals surface area contributed by atoms with Crippen molar-refractivity contribution in [1.29, 1.82) is 0 Å². The summed E-state index contributed by atoms with van der Waals surface area (Å²) in [5.74, 6) is 0.531. The number of amides is 1. The Labute approximate surface area is 145 Å². The van der Waals surface area contributed by atoms with Gasteiger partial charge in [0.25, 0.3) is 5.56 Å². The van der Waals surface area contributed by atoms with E-state index < -0.39 is 0 Å². The Kier molecular flexibility index (Phi) is 5.36. The average molecular weight is 354 g/mol. The molecule has 0 spiro atoms. The van der Waals surface area contributed by atoms with Gasteiger partial charge in [0.2, 0.25) is 5.91 Å². The number of aromatic nitrogens is 2. The van der Waals surface area contributed by atoms with Crippen molar-refractivity contribution in [2.75, 3.05) is 18.8 Å². The van der Waals surface area contributed by atoms with Crippen LogP contribution in [-0.4, -0.2) is 44.5 Å². The Bertz CT molecular complexity index is 653. The Morgan fingerprint density at radius 1 is 1.35 bits per heavy atom. The van der Waals surface area contributed by atoms with E-state index in [9.17, 15) is 9.59 Å². The predicted octanol–water partition coefficient (Wildman–Crippen LogP) is 2.40. The van der Waals surface area contributed by atoms with E-state index in [-0.39, 0.29) is 11.5 Å². The van der Waals surface area contributed by atoms with Gasteiger partial charge in [0, 0.05) is 31.3 Å². The number of fused-ring (bicyclic) bond motifs is 1.